The van der Waals surface area contributed by atoms with Gasteiger partial charge in [-0.05, 0) is 43.9 Å². The average molecular weight is 344 g/mol. The Morgan fingerprint density at radius 3 is 2.52 bits per heavy atom. The number of pyridine rings is 1. The molecule has 5 nitrogen and oxygen atoms in total. The van der Waals surface area contributed by atoms with E-state index in [1.807, 2.05) is 13.0 Å². The lowest BCUT2D eigenvalue weighted by molar-refractivity contribution is 0.0694. The number of aromatic carboxylic acids is 1. The molecule has 1 saturated heterocycles. The van der Waals surface area contributed by atoms with Crippen LogP contribution in [0.3, 0.4) is 0 Å². The normalized spacial score (nSPS) is 23.0. The standard InChI is InChI=1S/C19H21FN2O3/c1-11-15(21-7-3-2-4-8-21)6-5-12-17(11)22(16-9-14(16)20)10-13(18(12)23)19(24)25/h5-6,10,14,16H,2-4,7-9H2,1H3,(H,24,25). The number of carboxylic acid groups (broad SMARTS) is 1. The summed E-state index contributed by atoms with van der Waals surface area (Å²) in [5, 5.41) is 9.69. The van der Waals surface area contributed by atoms with Crippen LogP contribution in [0.2, 0.25) is 0 Å². The first-order valence-corrected chi connectivity index (χ1v) is 8.80. The van der Waals surface area contributed by atoms with Crippen LogP contribution in [0.25, 0.3) is 10.9 Å². The fourth-order valence-corrected chi connectivity index (χ4v) is 3.94. The summed E-state index contributed by atoms with van der Waals surface area (Å²) in [6, 6.07) is 3.23. The van der Waals surface area contributed by atoms with Gasteiger partial charge in [0, 0.05) is 36.8 Å². The van der Waals surface area contributed by atoms with E-state index in [9.17, 15) is 19.1 Å². The number of rotatable bonds is 3. The predicted octanol–water partition coefficient (Wildman–Crippen LogP) is 3.28. The number of piperidine rings is 1. The number of aromatic nitrogens is 1. The minimum Gasteiger partial charge on any atom is -0.477 e. The fraction of sp³-hybridized carbons (Fsp3) is 0.474. The molecule has 1 aliphatic heterocycles. The van der Waals surface area contributed by atoms with E-state index in [0.29, 0.717) is 17.3 Å². The van der Waals surface area contributed by atoms with E-state index in [2.05, 4.69) is 4.90 Å². The molecule has 1 N–H and O–H groups in total. The van der Waals surface area contributed by atoms with Crippen molar-refractivity contribution in [2.24, 2.45) is 0 Å². The van der Waals surface area contributed by atoms with Crippen LogP contribution >= 0.6 is 0 Å². The monoisotopic (exact) mass is 344 g/mol. The lowest BCUT2D eigenvalue weighted by atomic mass is 10.0. The highest BCUT2D eigenvalue weighted by Gasteiger charge is 2.40. The van der Waals surface area contributed by atoms with E-state index in [0.717, 1.165) is 37.2 Å². The van der Waals surface area contributed by atoms with Gasteiger partial charge in [0.2, 0.25) is 5.43 Å². The summed E-state index contributed by atoms with van der Waals surface area (Å²) < 4.78 is 15.4. The molecule has 6 heteroatoms. The summed E-state index contributed by atoms with van der Waals surface area (Å²) in [6.07, 6.45) is 4.20. The zero-order chi connectivity index (χ0) is 17.7. The first-order chi connectivity index (χ1) is 12.0. The average Bonchev–Trinajstić information content (AvgIpc) is 3.33. The molecular formula is C19H21FN2O3. The Balaban J connectivity index is 1.97. The summed E-state index contributed by atoms with van der Waals surface area (Å²) in [6.45, 7) is 3.89. The summed E-state index contributed by atoms with van der Waals surface area (Å²) in [5.41, 5.74) is 1.86. The Kier molecular flexibility index (Phi) is 3.78. The van der Waals surface area contributed by atoms with E-state index < -0.39 is 17.6 Å². The minimum atomic E-state index is -1.27. The van der Waals surface area contributed by atoms with Crippen LogP contribution in [0.4, 0.5) is 10.1 Å². The van der Waals surface area contributed by atoms with Crippen LogP contribution in [0.1, 0.15) is 47.6 Å². The molecule has 0 spiro atoms. The molecule has 0 radical (unpaired) electrons. The fourth-order valence-electron chi connectivity index (χ4n) is 3.94. The molecular weight excluding hydrogens is 323 g/mol. The molecule has 1 aliphatic carbocycles. The Labute approximate surface area is 144 Å². The number of carboxylic acids is 1. The van der Waals surface area contributed by atoms with Crippen molar-refractivity contribution in [3.63, 3.8) is 0 Å². The highest BCUT2D eigenvalue weighted by atomic mass is 19.1. The first kappa shape index (κ1) is 16.1. The zero-order valence-electron chi connectivity index (χ0n) is 14.2. The van der Waals surface area contributed by atoms with E-state index >= 15 is 0 Å². The number of nitrogens with zero attached hydrogens (tertiary/aromatic N) is 2. The molecule has 2 aromatic rings. The smallest absolute Gasteiger partial charge is 0.341 e. The van der Waals surface area contributed by atoms with Gasteiger partial charge in [-0.2, -0.15) is 0 Å². The second kappa shape index (κ2) is 5.86. The highest BCUT2D eigenvalue weighted by Crippen LogP contribution is 2.42. The number of alkyl halides is 1. The van der Waals surface area contributed by atoms with Gasteiger partial charge in [-0.25, -0.2) is 9.18 Å². The SMILES string of the molecule is Cc1c(N2CCCCC2)ccc2c(=O)c(C(=O)O)cn(C3CC3F)c12. The highest BCUT2D eigenvalue weighted by molar-refractivity contribution is 5.95. The van der Waals surface area contributed by atoms with Gasteiger partial charge < -0.3 is 14.6 Å². The first-order valence-electron chi connectivity index (χ1n) is 8.80. The molecule has 2 heterocycles. The number of fused-ring (bicyclic) bond motifs is 1. The van der Waals surface area contributed by atoms with Crippen molar-refractivity contribution in [2.75, 3.05) is 18.0 Å². The Hall–Kier alpha value is -2.37. The van der Waals surface area contributed by atoms with E-state index in [1.54, 1.807) is 10.6 Å². The second-order valence-corrected chi connectivity index (χ2v) is 7.06. The van der Waals surface area contributed by atoms with E-state index in [1.165, 1.54) is 12.6 Å². The summed E-state index contributed by atoms with van der Waals surface area (Å²) in [5.74, 6) is -1.27. The van der Waals surface area contributed by atoms with E-state index in [-0.39, 0.29) is 11.6 Å². The quantitative estimate of drug-likeness (QED) is 0.928. The molecule has 4 rings (SSSR count). The van der Waals surface area contributed by atoms with Crippen molar-refractivity contribution in [3.05, 3.63) is 39.7 Å². The van der Waals surface area contributed by atoms with Crippen LogP contribution in [0, 0.1) is 6.92 Å². The lowest BCUT2D eigenvalue weighted by Crippen LogP contribution is -2.30. The number of halogens is 1. The van der Waals surface area contributed by atoms with Gasteiger partial charge >= 0.3 is 5.97 Å². The zero-order valence-corrected chi connectivity index (χ0v) is 14.2. The molecule has 2 fully saturated rings. The Morgan fingerprint density at radius 1 is 1.24 bits per heavy atom. The second-order valence-electron chi connectivity index (χ2n) is 7.06. The molecule has 0 amide bonds. The third-order valence-corrected chi connectivity index (χ3v) is 5.38. The summed E-state index contributed by atoms with van der Waals surface area (Å²) in [7, 11) is 0. The van der Waals surface area contributed by atoms with Gasteiger partial charge in [-0.3, -0.25) is 4.79 Å². The van der Waals surface area contributed by atoms with Crippen molar-refractivity contribution >= 4 is 22.6 Å². The van der Waals surface area contributed by atoms with Crippen LogP contribution in [0.15, 0.2) is 23.1 Å². The number of hydrogen-bond acceptors (Lipinski definition) is 3. The molecule has 0 bridgehead atoms. The molecule has 1 aromatic carbocycles. The van der Waals surface area contributed by atoms with Crippen molar-refractivity contribution in [1.82, 2.24) is 4.57 Å². The Morgan fingerprint density at radius 2 is 1.92 bits per heavy atom. The molecule has 2 unspecified atom stereocenters. The molecule has 25 heavy (non-hydrogen) atoms. The minimum absolute atomic E-state index is 0.295. The predicted molar refractivity (Wildman–Crippen MR) is 94.5 cm³/mol. The Bertz CT molecular complexity index is 915. The van der Waals surface area contributed by atoms with Crippen LogP contribution in [0.5, 0.6) is 0 Å². The number of anilines is 1. The number of benzene rings is 1. The number of aryl methyl sites for hydroxylation is 1. The maximum atomic E-state index is 13.8. The van der Waals surface area contributed by atoms with Crippen molar-refractivity contribution in [1.29, 1.82) is 0 Å². The van der Waals surface area contributed by atoms with Gasteiger partial charge in [-0.15, -0.1) is 0 Å². The van der Waals surface area contributed by atoms with E-state index in [4.69, 9.17) is 0 Å². The molecule has 1 saturated carbocycles. The van der Waals surface area contributed by atoms with Gasteiger partial charge in [0.15, 0.2) is 0 Å². The maximum absolute atomic E-state index is 13.8. The molecule has 1 aromatic heterocycles. The largest absolute Gasteiger partial charge is 0.477 e. The molecule has 132 valence electrons. The van der Waals surface area contributed by atoms with Crippen molar-refractivity contribution in [3.8, 4) is 0 Å². The number of hydrogen-bond donors (Lipinski definition) is 1. The van der Waals surface area contributed by atoms with Crippen LogP contribution in [-0.4, -0.2) is 34.9 Å². The van der Waals surface area contributed by atoms with Gasteiger partial charge in [0.05, 0.1) is 11.6 Å². The topological polar surface area (TPSA) is 62.5 Å². The number of carbonyl (C=O) groups is 1. The summed E-state index contributed by atoms with van der Waals surface area (Å²) >= 11 is 0. The third-order valence-electron chi connectivity index (χ3n) is 5.38. The molecule has 2 aliphatic rings. The van der Waals surface area contributed by atoms with Gasteiger partial charge in [-0.1, -0.05) is 0 Å². The van der Waals surface area contributed by atoms with Crippen molar-refractivity contribution < 1.29 is 14.3 Å². The van der Waals surface area contributed by atoms with Crippen LogP contribution in [-0.2, 0) is 0 Å². The molecule has 2 atom stereocenters. The van der Waals surface area contributed by atoms with Crippen LogP contribution < -0.4 is 10.3 Å². The lowest BCUT2D eigenvalue weighted by Gasteiger charge is -2.31. The maximum Gasteiger partial charge on any atom is 0.341 e. The van der Waals surface area contributed by atoms with Gasteiger partial charge in [0.1, 0.15) is 11.7 Å². The van der Waals surface area contributed by atoms with Crippen molar-refractivity contribution in [2.45, 2.75) is 44.8 Å². The third kappa shape index (κ3) is 2.60. The van der Waals surface area contributed by atoms with Gasteiger partial charge in [0.25, 0.3) is 0 Å². The summed E-state index contributed by atoms with van der Waals surface area (Å²) in [4.78, 5) is 26.3.